The molecule has 80 valence electrons. The van der Waals surface area contributed by atoms with Crippen molar-refractivity contribution in [2.75, 3.05) is 12.4 Å². The van der Waals surface area contributed by atoms with Gasteiger partial charge in [-0.05, 0) is 24.3 Å². The van der Waals surface area contributed by atoms with Gasteiger partial charge in [-0.25, -0.2) is 0 Å². The van der Waals surface area contributed by atoms with Crippen LogP contribution >= 0.6 is 0 Å². The molecule has 0 heterocycles. The predicted molar refractivity (Wildman–Crippen MR) is 61.5 cm³/mol. The van der Waals surface area contributed by atoms with Gasteiger partial charge in [0.1, 0.15) is 23.9 Å². The Kier molecular flexibility index (Phi) is 10.5. The first-order valence-corrected chi connectivity index (χ1v) is 5.45. The molecule has 16 heavy (non-hydrogen) atoms. The first-order chi connectivity index (χ1) is 6.47. The Morgan fingerprint density at radius 2 is 1.62 bits per heavy atom. The van der Waals surface area contributed by atoms with Crippen molar-refractivity contribution >= 4 is 69.2 Å². The SMILES string of the molecule is O=S(=O)(O)CCOc1ccc(O)cc1.[Na].[Na]. The van der Waals surface area contributed by atoms with Crippen molar-refractivity contribution in [2.45, 2.75) is 0 Å². The fourth-order valence-electron chi connectivity index (χ4n) is 0.807. The smallest absolute Gasteiger partial charge is 0.268 e. The number of hydrogen-bond acceptors (Lipinski definition) is 4. The van der Waals surface area contributed by atoms with Crippen LogP contribution in [0.25, 0.3) is 0 Å². The van der Waals surface area contributed by atoms with E-state index < -0.39 is 15.9 Å². The fourth-order valence-corrected chi connectivity index (χ4v) is 1.10. The quantitative estimate of drug-likeness (QED) is 0.586. The van der Waals surface area contributed by atoms with Crippen molar-refractivity contribution in [2.24, 2.45) is 0 Å². The molecule has 0 unspecified atom stereocenters. The molecule has 1 aromatic carbocycles. The summed E-state index contributed by atoms with van der Waals surface area (Å²) < 4.78 is 34.0. The normalized spacial score (nSPS) is 9.81. The van der Waals surface area contributed by atoms with Crippen LogP contribution in [0.2, 0.25) is 0 Å². The zero-order valence-electron chi connectivity index (χ0n) is 9.25. The summed E-state index contributed by atoms with van der Waals surface area (Å²) in [6.07, 6.45) is 0. The molecule has 2 N–H and O–H groups in total. The third-order valence-electron chi connectivity index (χ3n) is 1.45. The molecule has 0 saturated heterocycles. The molecule has 0 bridgehead atoms. The third kappa shape index (κ3) is 8.83. The topological polar surface area (TPSA) is 83.8 Å². The minimum Gasteiger partial charge on any atom is -0.508 e. The average molecular weight is 264 g/mol. The van der Waals surface area contributed by atoms with E-state index in [4.69, 9.17) is 14.4 Å². The summed E-state index contributed by atoms with van der Waals surface area (Å²) in [6.45, 7) is -0.121. The minimum atomic E-state index is -3.98. The maximum absolute atomic E-state index is 10.3. The van der Waals surface area contributed by atoms with Crippen LogP contribution in [-0.2, 0) is 10.1 Å². The van der Waals surface area contributed by atoms with Gasteiger partial charge in [0.25, 0.3) is 10.1 Å². The molecule has 0 fully saturated rings. The van der Waals surface area contributed by atoms with Crippen LogP contribution in [0, 0.1) is 0 Å². The molecular weight excluding hydrogens is 254 g/mol. The summed E-state index contributed by atoms with van der Waals surface area (Å²) in [5.41, 5.74) is 0. The number of benzene rings is 1. The number of aromatic hydroxyl groups is 1. The summed E-state index contributed by atoms with van der Waals surface area (Å²) in [4.78, 5) is 0. The van der Waals surface area contributed by atoms with Crippen LogP contribution in [0.5, 0.6) is 11.5 Å². The summed E-state index contributed by atoms with van der Waals surface area (Å²) in [7, 11) is -3.98. The Morgan fingerprint density at radius 1 is 1.12 bits per heavy atom. The largest absolute Gasteiger partial charge is 0.508 e. The molecule has 8 heteroatoms. The van der Waals surface area contributed by atoms with E-state index in [0.29, 0.717) is 5.75 Å². The van der Waals surface area contributed by atoms with E-state index in [1.807, 2.05) is 0 Å². The van der Waals surface area contributed by atoms with Crippen molar-refractivity contribution in [1.82, 2.24) is 0 Å². The molecule has 1 aromatic rings. The van der Waals surface area contributed by atoms with Crippen molar-refractivity contribution in [3.05, 3.63) is 24.3 Å². The zero-order chi connectivity index (χ0) is 10.6. The monoisotopic (exact) mass is 264 g/mol. The molecule has 0 atom stereocenters. The molecule has 0 aliphatic rings. The Morgan fingerprint density at radius 3 is 2.06 bits per heavy atom. The van der Waals surface area contributed by atoms with Crippen LogP contribution < -0.4 is 4.74 Å². The van der Waals surface area contributed by atoms with E-state index in [0.717, 1.165) is 0 Å². The van der Waals surface area contributed by atoms with E-state index >= 15 is 0 Å². The summed E-state index contributed by atoms with van der Waals surface area (Å²) in [6, 6.07) is 5.84. The van der Waals surface area contributed by atoms with Gasteiger partial charge < -0.3 is 9.84 Å². The van der Waals surface area contributed by atoms with Gasteiger partial charge in [0.15, 0.2) is 0 Å². The Balaban J connectivity index is 0. The van der Waals surface area contributed by atoms with Gasteiger partial charge in [0.05, 0.1) is 0 Å². The van der Waals surface area contributed by atoms with Gasteiger partial charge in [0, 0.05) is 59.1 Å². The van der Waals surface area contributed by atoms with Crippen LogP contribution in [0.3, 0.4) is 0 Å². The third-order valence-corrected chi connectivity index (χ3v) is 2.13. The zero-order valence-corrected chi connectivity index (χ0v) is 14.1. The number of hydrogen-bond donors (Lipinski definition) is 2. The van der Waals surface area contributed by atoms with E-state index in [1.165, 1.54) is 24.3 Å². The molecule has 0 aliphatic heterocycles. The first kappa shape index (κ1) is 19.1. The van der Waals surface area contributed by atoms with Crippen LogP contribution in [0.15, 0.2) is 24.3 Å². The van der Waals surface area contributed by atoms with E-state index in [2.05, 4.69) is 0 Å². The van der Waals surface area contributed by atoms with Crippen LogP contribution in [-0.4, -0.2) is 89.6 Å². The Bertz CT molecular complexity index is 389. The van der Waals surface area contributed by atoms with Crippen molar-refractivity contribution in [3.8, 4) is 11.5 Å². The number of phenolic OH excluding ortho intramolecular Hbond substituents is 1. The molecule has 0 amide bonds. The maximum Gasteiger partial charge on any atom is 0.268 e. The fraction of sp³-hybridized carbons (Fsp3) is 0.250. The number of rotatable bonds is 4. The number of phenols is 1. The maximum atomic E-state index is 10.3. The molecule has 2 radical (unpaired) electrons. The molecule has 5 nitrogen and oxygen atoms in total. The predicted octanol–water partition coefficient (Wildman–Crippen LogP) is -0.103. The molecule has 0 aliphatic carbocycles. The van der Waals surface area contributed by atoms with Gasteiger partial charge in [-0.1, -0.05) is 0 Å². The second-order valence-corrected chi connectivity index (χ2v) is 4.20. The van der Waals surface area contributed by atoms with Gasteiger partial charge in [-0.2, -0.15) is 8.42 Å². The van der Waals surface area contributed by atoms with Crippen molar-refractivity contribution in [1.29, 1.82) is 0 Å². The first-order valence-electron chi connectivity index (χ1n) is 3.84. The van der Waals surface area contributed by atoms with Crippen molar-refractivity contribution in [3.63, 3.8) is 0 Å². The van der Waals surface area contributed by atoms with Crippen molar-refractivity contribution < 1.29 is 22.8 Å². The number of ether oxygens (including phenoxy) is 1. The Hall–Kier alpha value is 0.730. The van der Waals surface area contributed by atoms with Gasteiger partial charge >= 0.3 is 0 Å². The standard InChI is InChI=1S/C8H10O5S.2Na/c9-7-1-3-8(4-2-7)13-5-6-14(10,11)12;;/h1-4,9H,5-6H2,(H,10,11,12);;. The van der Waals surface area contributed by atoms with E-state index in [9.17, 15) is 8.42 Å². The second-order valence-electron chi connectivity index (χ2n) is 2.63. The average Bonchev–Trinajstić information content (AvgIpc) is 2.06. The Labute approximate surface area is 139 Å². The molecule has 0 spiro atoms. The summed E-state index contributed by atoms with van der Waals surface area (Å²) >= 11 is 0. The van der Waals surface area contributed by atoms with E-state index in [1.54, 1.807) is 0 Å². The molecule has 0 saturated carbocycles. The molecule has 0 aromatic heterocycles. The second kappa shape index (κ2) is 8.77. The molecular formula is C8H10Na2O5S. The summed E-state index contributed by atoms with van der Waals surface area (Å²) in [5, 5.41) is 8.92. The van der Waals surface area contributed by atoms with Crippen LogP contribution in [0.4, 0.5) is 0 Å². The van der Waals surface area contributed by atoms with Gasteiger partial charge in [-0.3, -0.25) is 4.55 Å². The van der Waals surface area contributed by atoms with E-state index in [-0.39, 0.29) is 71.5 Å². The summed E-state index contributed by atoms with van der Waals surface area (Å²) in [5.74, 6) is 0.0898. The minimum absolute atomic E-state index is 0. The van der Waals surface area contributed by atoms with Gasteiger partial charge in [0.2, 0.25) is 0 Å². The van der Waals surface area contributed by atoms with Gasteiger partial charge in [-0.15, -0.1) is 0 Å². The molecule has 1 rings (SSSR count). The van der Waals surface area contributed by atoms with Crippen LogP contribution in [0.1, 0.15) is 0 Å².